The summed E-state index contributed by atoms with van der Waals surface area (Å²) in [5.74, 6) is -0.232. The Balaban J connectivity index is 1.70. The standard InChI is InChI=1S/C63H121NO13/c1-3-5-7-9-11-13-15-17-19-21-22-23-24-25-26-27-28-29-31-33-35-37-39-41-43-45-47-55(68)64-51(52(67)46-44-42-40-38-36-34-32-30-20-18-16-14-12-10-8-6-4-2)50-74-62-60(73)58(71)61(54(49-66)76-62)77-63-59(72)57(70)56(69)53(48-65)75-63/h44,46,51-54,56-63,65-67,69-73H,3-43,45,47-50H2,1-2H3,(H,64,68)/b46-44+. The highest BCUT2D eigenvalue weighted by Gasteiger charge is 2.51. The summed E-state index contributed by atoms with van der Waals surface area (Å²) >= 11 is 0. The number of aliphatic hydroxyl groups excluding tert-OH is 8. The Bertz CT molecular complexity index is 1340. The van der Waals surface area contributed by atoms with Crippen molar-refractivity contribution in [2.24, 2.45) is 0 Å². The zero-order valence-corrected chi connectivity index (χ0v) is 49.2. The van der Waals surface area contributed by atoms with Crippen molar-refractivity contribution in [1.29, 1.82) is 0 Å². The molecule has 9 N–H and O–H groups in total. The fourth-order valence-electron chi connectivity index (χ4n) is 11.0. The third kappa shape index (κ3) is 34.7. The van der Waals surface area contributed by atoms with Gasteiger partial charge in [-0.2, -0.15) is 0 Å². The molecule has 0 aromatic rings. The summed E-state index contributed by atoms with van der Waals surface area (Å²) in [6.45, 7) is 2.84. The minimum atomic E-state index is -1.79. The van der Waals surface area contributed by atoms with Gasteiger partial charge in [-0.25, -0.2) is 0 Å². The summed E-state index contributed by atoms with van der Waals surface area (Å²) in [4.78, 5) is 13.3. The van der Waals surface area contributed by atoms with Gasteiger partial charge in [0, 0.05) is 6.42 Å². The third-order valence-corrected chi connectivity index (χ3v) is 16.2. The Labute approximate surface area is 469 Å². The minimum absolute atomic E-state index is 0.232. The van der Waals surface area contributed by atoms with Crippen molar-refractivity contribution in [3.63, 3.8) is 0 Å². The molecule has 0 saturated carbocycles. The largest absolute Gasteiger partial charge is 0.394 e. The van der Waals surface area contributed by atoms with Gasteiger partial charge in [0.15, 0.2) is 12.6 Å². The van der Waals surface area contributed by atoms with Crippen molar-refractivity contribution in [1.82, 2.24) is 5.32 Å². The third-order valence-electron chi connectivity index (χ3n) is 16.2. The van der Waals surface area contributed by atoms with Crippen LogP contribution in [0.4, 0.5) is 0 Å². The number of unbranched alkanes of at least 4 members (excludes halogenated alkanes) is 40. The molecule has 2 heterocycles. The Hall–Kier alpha value is -1.27. The first kappa shape index (κ1) is 71.8. The fourth-order valence-corrected chi connectivity index (χ4v) is 11.0. The average molecular weight is 1100 g/mol. The number of aliphatic hydroxyl groups is 8. The maximum atomic E-state index is 13.3. The van der Waals surface area contributed by atoms with Gasteiger partial charge in [-0.15, -0.1) is 0 Å². The number of carbonyl (C=O) groups excluding carboxylic acids is 1. The summed E-state index contributed by atoms with van der Waals surface area (Å²) in [7, 11) is 0. The zero-order valence-electron chi connectivity index (χ0n) is 49.2. The van der Waals surface area contributed by atoms with E-state index >= 15 is 0 Å². The summed E-state index contributed by atoms with van der Waals surface area (Å²) in [6, 6.07) is -0.910. The van der Waals surface area contributed by atoms with Gasteiger partial charge in [0.05, 0.1) is 32.0 Å². The molecule has 14 nitrogen and oxygen atoms in total. The Morgan fingerprint density at radius 1 is 0.455 bits per heavy atom. The first-order valence-corrected chi connectivity index (χ1v) is 32.4. The smallest absolute Gasteiger partial charge is 0.220 e. The second kappa shape index (κ2) is 49.3. The number of amides is 1. The predicted octanol–water partition coefficient (Wildman–Crippen LogP) is 11.8. The molecule has 0 bridgehead atoms. The van der Waals surface area contributed by atoms with E-state index in [1.807, 2.05) is 6.08 Å². The van der Waals surface area contributed by atoms with Gasteiger partial charge in [0.25, 0.3) is 0 Å². The molecule has 2 aliphatic rings. The van der Waals surface area contributed by atoms with Crippen LogP contribution in [0.3, 0.4) is 0 Å². The number of rotatable bonds is 53. The van der Waals surface area contributed by atoms with Gasteiger partial charge in [0.2, 0.25) is 5.91 Å². The monoisotopic (exact) mass is 1100 g/mol. The predicted molar refractivity (Wildman–Crippen MR) is 309 cm³/mol. The van der Waals surface area contributed by atoms with E-state index in [0.29, 0.717) is 6.42 Å². The van der Waals surface area contributed by atoms with Crippen LogP contribution in [0, 0.1) is 0 Å². The Morgan fingerprint density at radius 2 is 0.805 bits per heavy atom. The van der Waals surface area contributed by atoms with Crippen LogP contribution >= 0.6 is 0 Å². The molecule has 12 unspecified atom stereocenters. The van der Waals surface area contributed by atoms with E-state index in [4.69, 9.17) is 18.9 Å². The lowest BCUT2D eigenvalue weighted by atomic mass is 9.97. The molecule has 0 spiro atoms. The number of carbonyl (C=O) groups is 1. The molecule has 1 amide bonds. The molecule has 14 heteroatoms. The van der Waals surface area contributed by atoms with Crippen LogP contribution in [-0.4, -0.2) is 140 Å². The second-order valence-electron chi connectivity index (χ2n) is 23.3. The highest BCUT2D eigenvalue weighted by atomic mass is 16.7. The molecular formula is C63H121NO13. The molecule has 2 fully saturated rings. The Kier molecular flexibility index (Phi) is 46.0. The van der Waals surface area contributed by atoms with E-state index in [9.17, 15) is 45.6 Å². The summed E-state index contributed by atoms with van der Waals surface area (Å²) in [5.41, 5.74) is 0. The van der Waals surface area contributed by atoms with Gasteiger partial charge in [-0.3, -0.25) is 4.79 Å². The molecule has 0 aliphatic carbocycles. The van der Waals surface area contributed by atoms with E-state index in [0.717, 1.165) is 38.5 Å². The van der Waals surface area contributed by atoms with E-state index in [-0.39, 0.29) is 18.9 Å². The molecule has 12 atom stereocenters. The maximum absolute atomic E-state index is 13.3. The quantitative estimate of drug-likeness (QED) is 0.0204. The number of ether oxygens (including phenoxy) is 4. The average Bonchev–Trinajstić information content (AvgIpc) is 3.44. The lowest BCUT2D eigenvalue weighted by Gasteiger charge is -2.46. The van der Waals surface area contributed by atoms with Gasteiger partial charge < -0.3 is 65.1 Å². The molecule has 0 radical (unpaired) electrons. The van der Waals surface area contributed by atoms with Crippen molar-refractivity contribution < 1.29 is 64.6 Å². The SMILES string of the molecule is CCCCCCCCCCCCCCCCC/C=C/C(O)C(COC1OC(CO)C(OC2OC(CO)C(O)C(O)C2O)C(O)C1O)NC(=O)CCCCCCCCCCCCCCCCCCCCCCCCCCCC. The zero-order chi connectivity index (χ0) is 56.0. The van der Waals surface area contributed by atoms with Crippen molar-refractivity contribution in [3.8, 4) is 0 Å². The van der Waals surface area contributed by atoms with Gasteiger partial charge in [-0.1, -0.05) is 276 Å². The lowest BCUT2D eigenvalue weighted by Crippen LogP contribution is -2.65. The van der Waals surface area contributed by atoms with Crippen LogP contribution < -0.4 is 5.32 Å². The first-order valence-electron chi connectivity index (χ1n) is 32.4. The number of hydrogen-bond acceptors (Lipinski definition) is 13. The molecular weight excluding hydrogens is 979 g/mol. The second-order valence-corrected chi connectivity index (χ2v) is 23.3. The van der Waals surface area contributed by atoms with E-state index in [1.54, 1.807) is 6.08 Å². The summed E-state index contributed by atoms with van der Waals surface area (Å²) in [6.07, 6.45) is 41.2. The topological polar surface area (TPSA) is 228 Å². The fraction of sp³-hybridized carbons (Fsp3) is 0.952. The normalized spacial score (nSPS) is 24.7. The van der Waals surface area contributed by atoms with Crippen molar-refractivity contribution in [2.75, 3.05) is 19.8 Å². The van der Waals surface area contributed by atoms with E-state index in [1.165, 1.54) is 225 Å². The lowest BCUT2D eigenvalue weighted by molar-refractivity contribution is -0.359. The van der Waals surface area contributed by atoms with Crippen LogP contribution in [0.1, 0.15) is 290 Å². The summed E-state index contributed by atoms with van der Waals surface area (Å²) in [5, 5.41) is 87.2. The molecule has 2 rings (SSSR count). The van der Waals surface area contributed by atoms with Crippen molar-refractivity contribution >= 4 is 5.91 Å². The van der Waals surface area contributed by atoms with Crippen molar-refractivity contribution in [3.05, 3.63) is 12.2 Å². The molecule has 0 aromatic heterocycles. The molecule has 77 heavy (non-hydrogen) atoms. The molecule has 2 aliphatic heterocycles. The van der Waals surface area contributed by atoms with Gasteiger partial charge in [-0.05, 0) is 19.3 Å². The van der Waals surface area contributed by atoms with E-state index < -0.39 is 86.8 Å². The maximum Gasteiger partial charge on any atom is 0.220 e. The summed E-state index contributed by atoms with van der Waals surface area (Å²) < 4.78 is 22.8. The van der Waals surface area contributed by atoms with Gasteiger partial charge in [0.1, 0.15) is 48.8 Å². The number of allylic oxidation sites excluding steroid dienone is 1. The van der Waals surface area contributed by atoms with Crippen LogP contribution in [0.25, 0.3) is 0 Å². The van der Waals surface area contributed by atoms with Crippen LogP contribution in [-0.2, 0) is 23.7 Å². The highest BCUT2D eigenvalue weighted by Crippen LogP contribution is 2.30. The highest BCUT2D eigenvalue weighted by molar-refractivity contribution is 5.76. The van der Waals surface area contributed by atoms with Crippen molar-refractivity contribution in [2.45, 2.75) is 364 Å². The van der Waals surface area contributed by atoms with Crippen LogP contribution in [0.2, 0.25) is 0 Å². The number of hydrogen-bond donors (Lipinski definition) is 9. The van der Waals surface area contributed by atoms with Gasteiger partial charge >= 0.3 is 0 Å². The van der Waals surface area contributed by atoms with Crippen LogP contribution in [0.5, 0.6) is 0 Å². The van der Waals surface area contributed by atoms with Crippen LogP contribution in [0.15, 0.2) is 12.2 Å². The molecule has 456 valence electrons. The first-order chi connectivity index (χ1) is 37.6. The Morgan fingerprint density at radius 3 is 1.19 bits per heavy atom. The molecule has 2 saturated heterocycles. The van der Waals surface area contributed by atoms with E-state index in [2.05, 4.69) is 19.2 Å². The minimum Gasteiger partial charge on any atom is -0.394 e. The number of nitrogens with one attached hydrogen (secondary N) is 1. The molecule has 0 aromatic carbocycles.